The summed E-state index contributed by atoms with van der Waals surface area (Å²) < 4.78 is 22.0. The summed E-state index contributed by atoms with van der Waals surface area (Å²) in [6, 6.07) is 7.85. The van der Waals surface area contributed by atoms with Crippen molar-refractivity contribution in [2.24, 2.45) is 0 Å². The maximum Gasteiger partial charge on any atom is 0.154 e. The van der Waals surface area contributed by atoms with Crippen molar-refractivity contribution in [1.82, 2.24) is 0 Å². The van der Waals surface area contributed by atoms with Crippen LogP contribution in [0.4, 0.5) is 0 Å². The quantitative estimate of drug-likeness (QED) is 0.517. The lowest BCUT2D eigenvalue weighted by Gasteiger charge is -2.07. The van der Waals surface area contributed by atoms with E-state index in [1.54, 1.807) is 7.11 Å². The molecule has 23 heavy (non-hydrogen) atoms. The minimum atomic E-state index is -0.564. The molecule has 2 fully saturated rings. The van der Waals surface area contributed by atoms with Crippen molar-refractivity contribution in [1.29, 1.82) is 0 Å². The van der Waals surface area contributed by atoms with Crippen molar-refractivity contribution in [2.75, 3.05) is 13.7 Å². The van der Waals surface area contributed by atoms with Gasteiger partial charge < -0.3 is 23.7 Å². The van der Waals surface area contributed by atoms with E-state index in [1.807, 2.05) is 31.2 Å². The van der Waals surface area contributed by atoms with Crippen molar-refractivity contribution in [3.8, 4) is 5.75 Å². The van der Waals surface area contributed by atoms with Gasteiger partial charge in [-0.05, 0) is 44.4 Å². The van der Waals surface area contributed by atoms with Crippen LogP contribution in [0.3, 0.4) is 0 Å². The first kappa shape index (κ1) is 16.4. The molecule has 4 atom stereocenters. The van der Waals surface area contributed by atoms with Crippen LogP contribution in [-0.2, 0) is 25.6 Å². The van der Waals surface area contributed by atoms with Gasteiger partial charge in [0.1, 0.15) is 17.5 Å². The van der Waals surface area contributed by atoms with Gasteiger partial charge in [-0.1, -0.05) is 12.1 Å². The SMILES string of the molecule is COc1ccc(COC[C@H]2O[C@]2(C)CC[C@H]2O[C@]2(C)C=O)cc1. The Labute approximate surface area is 136 Å². The Kier molecular flexibility index (Phi) is 4.45. The van der Waals surface area contributed by atoms with Crippen molar-refractivity contribution in [2.45, 2.75) is 56.7 Å². The van der Waals surface area contributed by atoms with E-state index < -0.39 is 5.60 Å². The highest BCUT2D eigenvalue weighted by atomic mass is 16.6. The fourth-order valence-corrected chi connectivity index (χ4v) is 2.87. The average molecular weight is 320 g/mol. The summed E-state index contributed by atoms with van der Waals surface area (Å²) in [6.45, 7) is 5.07. The first-order chi connectivity index (χ1) is 11.0. The van der Waals surface area contributed by atoms with Crippen LogP contribution >= 0.6 is 0 Å². The van der Waals surface area contributed by atoms with Gasteiger partial charge in [0.05, 0.1) is 32.0 Å². The van der Waals surface area contributed by atoms with Crippen molar-refractivity contribution in [3.63, 3.8) is 0 Å². The van der Waals surface area contributed by atoms with E-state index in [1.165, 1.54) is 0 Å². The highest BCUT2D eigenvalue weighted by Crippen LogP contribution is 2.45. The molecule has 0 bridgehead atoms. The zero-order valence-electron chi connectivity index (χ0n) is 13.9. The van der Waals surface area contributed by atoms with Crippen molar-refractivity contribution >= 4 is 6.29 Å². The minimum Gasteiger partial charge on any atom is -0.497 e. The van der Waals surface area contributed by atoms with Crippen LogP contribution in [-0.4, -0.2) is 43.4 Å². The number of ether oxygens (including phenoxy) is 4. The Bertz CT molecular complexity index is 557. The number of benzene rings is 1. The molecule has 0 amide bonds. The maximum absolute atomic E-state index is 10.8. The maximum atomic E-state index is 10.8. The Balaban J connectivity index is 1.35. The molecule has 5 nitrogen and oxygen atoms in total. The van der Waals surface area contributed by atoms with Gasteiger partial charge in [-0.25, -0.2) is 0 Å². The van der Waals surface area contributed by atoms with Gasteiger partial charge in [0.25, 0.3) is 0 Å². The van der Waals surface area contributed by atoms with E-state index in [-0.39, 0.29) is 17.8 Å². The average Bonchev–Trinajstić information content (AvgIpc) is 3.43. The number of methoxy groups -OCH3 is 1. The summed E-state index contributed by atoms with van der Waals surface area (Å²) in [5, 5.41) is 0. The molecule has 0 aliphatic carbocycles. The number of hydrogen-bond donors (Lipinski definition) is 0. The van der Waals surface area contributed by atoms with Crippen LogP contribution in [0.25, 0.3) is 0 Å². The van der Waals surface area contributed by atoms with E-state index in [0.717, 1.165) is 30.4 Å². The number of epoxide rings is 2. The fourth-order valence-electron chi connectivity index (χ4n) is 2.87. The fraction of sp³-hybridized carbons (Fsp3) is 0.611. The van der Waals surface area contributed by atoms with Gasteiger partial charge in [0.15, 0.2) is 6.29 Å². The zero-order valence-corrected chi connectivity index (χ0v) is 13.9. The summed E-state index contributed by atoms with van der Waals surface area (Å²) in [5.74, 6) is 0.844. The van der Waals surface area contributed by atoms with Crippen LogP contribution in [0, 0.1) is 0 Å². The summed E-state index contributed by atoms with van der Waals surface area (Å²) >= 11 is 0. The Morgan fingerprint density at radius 2 is 1.91 bits per heavy atom. The molecular formula is C18H24O5. The smallest absolute Gasteiger partial charge is 0.154 e. The van der Waals surface area contributed by atoms with Gasteiger partial charge in [-0.2, -0.15) is 0 Å². The van der Waals surface area contributed by atoms with Crippen LogP contribution in [0.15, 0.2) is 24.3 Å². The van der Waals surface area contributed by atoms with Crippen molar-refractivity contribution in [3.05, 3.63) is 29.8 Å². The molecule has 2 aliphatic heterocycles. The Morgan fingerprint density at radius 1 is 1.17 bits per heavy atom. The second kappa shape index (κ2) is 6.23. The number of carbonyl (C=O) groups is 1. The molecule has 0 radical (unpaired) electrons. The summed E-state index contributed by atoms with van der Waals surface area (Å²) in [5.41, 5.74) is 0.405. The van der Waals surface area contributed by atoms with Gasteiger partial charge >= 0.3 is 0 Å². The Morgan fingerprint density at radius 3 is 2.52 bits per heavy atom. The second-order valence-electron chi connectivity index (χ2n) is 6.73. The largest absolute Gasteiger partial charge is 0.497 e. The Hall–Kier alpha value is -1.43. The molecule has 2 saturated heterocycles. The van der Waals surface area contributed by atoms with Gasteiger partial charge in [-0.15, -0.1) is 0 Å². The third-order valence-corrected chi connectivity index (χ3v) is 4.85. The molecule has 0 spiro atoms. The molecule has 0 N–H and O–H groups in total. The number of hydrogen-bond acceptors (Lipinski definition) is 5. The van der Waals surface area contributed by atoms with Crippen LogP contribution in [0.5, 0.6) is 5.75 Å². The van der Waals surface area contributed by atoms with E-state index >= 15 is 0 Å². The lowest BCUT2D eigenvalue weighted by molar-refractivity contribution is -0.111. The number of aldehydes is 1. The molecular weight excluding hydrogens is 296 g/mol. The van der Waals surface area contributed by atoms with Gasteiger partial charge in [-0.3, -0.25) is 0 Å². The number of rotatable bonds is 9. The molecule has 2 heterocycles. The van der Waals surface area contributed by atoms with E-state index in [0.29, 0.717) is 13.2 Å². The molecule has 0 unspecified atom stereocenters. The third-order valence-electron chi connectivity index (χ3n) is 4.85. The van der Waals surface area contributed by atoms with E-state index in [9.17, 15) is 4.79 Å². The third kappa shape index (κ3) is 3.74. The van der Waals surface area contributed by atoms with E-state index in [4.69, 9.17) is 18.9 Å². The molecule has 0 saturated carbocycles. The minimum absolute atomic E-state index is 0.0434. The lowest BCUT2D eigenvalue weighted by Crippen LogP contribution is -2.17. The summed E-state index contributed by atoms with van der Waals surface area (Å²) in [7, 11) is 1.65. The summed E-state index contributed by atoms with van der Waals surface area (Å²) in [6.07, 6.45) is 2.80. The molecule has 0 aromatic heterocycles. The van der Waals surface area contributed by atoms with Crippen LogP contribution < -0.4 is 4.74 Å². The predicted molar refractivity (Wildman–Crippen MR) is 84.5 cm³/mol. The normalized spacial score (nSPS) is 34.9. The first-order valence-electron chi connectivity index (χ1n) is 8.02. The number of carbonyl (C=O) groups excluding carboxylic acids is 1. The molecule has 126 valence electrons. The van der Waals surface area contributed by atoms with Crippen LogP contribution in [0.1, 0.15) is 32.3 Å². The zero-order chi connectivity index (χ0) is 16.5. The predicted octanol–water partition coefficient (Wildman–Crippen LogP) is 2.51. The standard InChI is InChI=1S/C18H24O5/c1-17(9-8-15-18(2,12-19)22-15)16(23-17)11-21-10-13-4-6-14(20-3)7-5-13/h4-7,12,15-16H,8-11H2,1-3H3/t15-,16-,17-,18-/m1/s1. The molecule has 1 aromatic rings. The lowest BCUT2D eigenvalue weighted by atomic mass is 9.97. The molecule has 2 aliphatic rings. The van der Waals surface area contributed by atoms with Gasteiger partial charge in [0, 0.05) is 0 Å². The van der Waals surface area contributed by atoms with Crippen LogP contribution in [0.2, 0.25) is 0 Å². The van der Waals surface area contributed by atoms with E-state index in [2.05, 4.69) is 6.92 Å². The topological polar surface area (TPSA) is 60.6 Å². The van der Waals surface area contributed by atoms with Crippen molar-refractivity contribution < 1.29 is 23.7 Å². The highest BCUT2D eigenvalue weighted by molar-refractivity contribution is 5.66. The molecule has 1 aromatic carbocycles. The monoisotopic (exact) mass is 320 g/mol. The summed E-state index contributed by atoms with van der Waals surface area (Å²) in [4.78, 5) is 10.8. The first-order valence-corrected chi connectivity index (χ1v) is 8.02. The van der Waals surface area contributed by atoms with Gasteiger partial charge in [0.2, 0.25) is 0 Å². The molecule has 3 rings (SSSR count). The molecule has 5 heteroatoms. The highest BCUT2D eigenvalue weighted by Gasteiger charge is 2.56. The second-order valence-corrected chi connectivity index (χ2v) is 6.73.